The van der Waals surface area contributed by atoms with E-state index in [1.165, 1.54) is 0 Å². The van der Waals surface area contributed by atoms with Crippen molar-refractivity contribution in [2.75, 3.05) is 0 Å². The Balaban J connectivity index is 3.15. The van der Waals surface area contributed by atoms with E-state index in [1.807, 2.05) is 4.68 Å². The second-order valence-electron chi connectivity index (χ2n) is 5.25. The van der Waals surface area contributed by atoms with Gasteiger partial charge in [0.05, 0.1) is 16.9 Å². The fourth-order valence-corrected chi connectivity index (χ4v) is 3.36. The minimum atomic E-state index is 0.0285. The van der Waals surface area contributed by atoms with Crippen molar-refractivity contribution in [3.05, 3.63) is 16.9 Å². The van der Waals surface area contributed by atoms with E-state index in [-0.39, 0.29) is 5.41 Å². The van der Waals surface area contributed by atoms with Crippen LogP contribution in [0.5, 0.6) is 0 Å². The van der Waals surface area contributed by atoms with Crippen LogP contribution in [0.4, 0.5) is 0 Å². The average molecular weight is 308 g/mol. The van der Waals surface area contributed by atoms with Crippen molar-refractivity contribution in [3.8, 4) is 0 Å². The van der Waals surface area contributed by atoms with Gasteiger partial charge in [0.2, 0.25) is 0 Å². The summed E-state index contributed by atoms with van der Waals surface area (Å²) in [5.74, 6) is 0. The molecule has 0 aliphatic heterocycles. The number of rotatable bonds is 4. The maximum atomic E-state index is 6.26. The molecule has 1 heterocycles. The van der Waals surface area contributed by atoms with Crippen molar-refractivity contribution in [2.45, 2.75) is 57.3 Å². The Kier molecular flexibility index (Phi) is 4.47. The number of hydrogen-bond donors (Lipinski definition) is 0. The van der Waals surface area contributed by atoms with E-state index in [1.54, 1.807) is 6.20 Å². The molecule has 0 spiro atoms. The Morgan fingerprint density at radius 1 is 1.44 bits per heavy atom. The van der Waals surface area contributed by atoms with Crippen LogP contribution in [-0.2, 0) is 5.41 Å². The van der Waals surface area contributed by atoms with E-state index in [9.17, 15) is 0 Å². The molecule has 16 heavy (non-hydrogen) atoms. The molecule has 0 bridgehead atoms. The summed E-state index contributed by atoms with van der Waals surface area (Å²) in [7, 11) is 0. The highest BCUT2D eigenvalue weighted by atomic mass is 79.9. The number of aromatic nitrogens is 2. The smallest absolute Gasteiger partial charge is 0.0823 e. The lowest BCUT2D eigenvalue weighted by Gasteiger charge is -2.28. The van der Waals surface area contributed by atoms with Crippen LogP contribution in [0, 0.1) is 0 Å². The maximum Gasteiger partial charge on any atom is 0.0823 e. The van der Waals surface area contributed by atoms with Gasteiger partial charge in [-0.2, -0.15) is 5.10 Å². The number of halogens is 2. The lowest BCUT2D eigenvalue weighted by atomic mass is 9.84. The van der Waals surface area contributed by atoms with Crippen LogP contribution in [0.25, 0.3) is 0 Å². The van der Waals surface area contributed by atoms with Gasteiger partial charge in [-0.25, -0.2) is 0 Å². The quantitative estimate of drug-likeness (QED) is 0.745. The van der Waals surface area contributed by atoms with Gasteiger partial charge in [0.1, 0.15) is 0 Å². The molecular formula is C12H20BrClN2. The summed E-state index contributed by atoms with van der Waals surface area (Å²) < 4.78 is 2.03. The minimum absolute atomic E-state index is 0.0285. The summed E-state index contributed by atoms with van der Waals surface area (Å²) in [5.41, 5.74) is 1.16. The van der Waals surface area contributed by atoms with Crippen molar-refractivity contribution >= 4 is 27.5 Å². The van der Waals surface area contributed by atoms with E-state index >= 15 is 0 Å². The highest BCUT2D eigenvalue weighted by Gasteiger charge is 2.29. The van der Waals surface area contributed by atoms with Crippen molar-refractivity contribution in [1.82, 2.24) is 9.78 Å². The molecule has 0 radical (unpaired) electrons. The largest absolute Gasteiger partial charge is 0.265 e. The van der Waals surface area contributed by atoms with Crippen molar-refractivity contribution in [1.29, 1.82) is 0 Å². The molecule has 0 fully saturated rings. The Morgan fingerprint density at radius 3 is 2.44 bits per heavy atom. The van der Waals surface area contributed by atoms with Gasteiger partial charge in [-0.3, -0.25) is 4.68 Å². The Morgan fingerprint density at radius 2 is 2.00 bits per heavy atom. The van der Waals surface area contributed by atoms with Crippen LogP contribution < -0.4 is 0 Å². The molecule has 1 aromatic heterocycles. The van der Waals surface area contributed by atoms with Gasteiger partial charge in [-0.05, 0) is 20.3 Å². The third-order valence-electron chi connectivity index (χ3n) is 2.67. The van der Waals surface area contributed by atoms with Crippen LogP contribution in [-0.4, -0.2) is 14.6 Å². The molecule has 0 aromatic carbocycles. The number of alkyl halides is 1. The number of hydrogen-bond acceptors (Lipinski definition) is 1. The van der Waals surface area contributed by atoms with Gasteiger partial charge in [0, 0.05) is 16.3 Å². The monoisotopic (exact) mass is 306 g/mol. The van der Waals surface area contributed by atoms with Gasteiger partial charge in [-0.1, -0.05) is 48.3 Å². The van der Waals surface area contributed by atoms with Gasteiger partial charge in [0.15, 0.2) is 0 Å². The summed E-state index contributed by atoms with van der Waals surface area (Å²) in [4.78, 5) is 0.467. The Labute approximate surface area is 111 Å². The molecule has 0 aliphatic rings. The molecule has 0 N–H and O–H groups in total. The molecule has 0 aliphatic carbocycles. The molecule has 1 rings (SSSR count). The van der Waals surface area contributed by atoms with Gasteiger partial charge in [-0.15, -0.1) is 0 Å². The molecule has 92 valence electrons. The van der Waals surface area contributed by atoms with Gasteiger partial charge < -0.3 is 0 Å². The molecule has 0 saturated heterocycles. The SMILES string of the molecule is CC(Br)CC(C)(C)c1c(Cl)cnn1C(C)C. The predicted octanol–water partition coefficient (Wildman–Crippen LogP) is 4.57. The van der Waals surface area contributed by atoms with E-state index in [2.05, 4.69) is 55.6 Å². The lowest BCUT2D eigenvalue weighted by molar-refractivity contribution is 0.403. The molecule has 4 heteroatoms. The van der Waals surface area contributed by atoms with Crippen LogP contribution in [0.1, 0.15) is 52.8 Å². The second-order valence-corrected chi connectivity index (χ2v) is 7.22. The molecule has 2 nitrogen and oxygen atoms in total. The van der Waals surface area contributed by atoms with Crippen LogP contribution >= 0.6 is 27.5 Å². The zero-order valence-corrected chi connectivity index (χ0v) is 12.9. The first-order valence-electron chi connectivity index (χ1n) is 5.63. The second kappa shape index (κ2) is 5.09. The summed E-state index contributed by atoms with van der Waals surface area (Å²) in [5, 5.41) is 5.13. The maximum absolute atomic E-state index is 6.26. The van der Waals surface area contributed by atoms with Crippen LogP contribution in [0.3, 0.4) is 0 Å². The van der Waals surface area contributed by atoms with E-state index in [0.29, 0.717) is 10.9 Å². The fourth-order valence-electron chi connectivity index (χ4n) is 2.17. The Bertz CT molecular complexity index is 356. The molecular weight excluding hydrogens is 288 g/mol. The molecule has 0 amide bonds. The standard InChI is InChI=1S/C12H20BrClN2/c1-8(2)16-11(10(14)7-15-16)12(4,5)6-9(3)13/h7-9H,6H2,1-5H3. The molecule has 1 aromatic rings. The topological polar surface area (TPSA) is 17.8 Å². The summed E-state index contributed by atoms with van der Waals surface area (Å²) in [6, 6.07) is 0.340. The van der Waals surface area contributed by atoms with Gasteiger partial charge in [0.25, 0.3) is 0 Å². The highest BCUT2D eigenvalue weighted by Crippen LogP contribution is 2.36. The first-order chi connectivity index (χ1) is 7.25. The molecule has 1 unspecified atom stereocenters. The van der Waals surface area contributed by atoms with Crippen molar-refractivity contribution in [3.63, 3.8) is 0 Å². The normalized spacial score (nSPS) is 14.5. The van der Waals surface area contributed by atoms with Crippen LogP contribution in [0.15, 0.2) is 6.20 Å². The van der Waals surface area contributed by atoms with E-state index < -0.39 is 0 Å². The molecule has 1 atom stereocenters. The lowest BCUT2D eigenvalue weighted by Crippen LogP contribution is -2.26. The minimum Gasteiger partial charge on any atom is -0.265 e. The number of nitrogens with zero attached hydrogens (tertiary/aromatic N) is 2. The van der Waals surface area contributed by atoms with Crippen molar-refractivity contribution < 1.29 is 0 Å². The first kappa shape index (κ1) is 14.0. The predicted molar refractivity (Wildman–Crippen MR) is 73.7 cm³/mol. The summed E-state index contributed by atoms with van der Waals surface area (Å²) in [6.07, 6.45) is 2.78. The zero-order chi connectivity index (χ0) is 12.5. The van der Waals surface area contributed by atoms with Crippen LogP contribution in [0.2, 0.25) is 5.02 Å². The Hall–Kier alpha value is -0.0200. The zero-order valence-electron chi connectivity index (χ0n) is 10.6. The summed E-state index contributed by atoms with van der Waals surface area (Å²) >= 11 is 9.87. The van der Waals surface area contributed by atoms with E-state index in [4.69, 9.17) is 11.6 Å². The third kappa shape index (κ3) is 3.01. The molecule has 0 saturated carbocycles. The summed E-state index contributed by atoms with van der Waals surface area (Å²) in [6.45, 7) is 10.8. The highest BCUT2D eigenvalue weighted by molar-refractivity contribution is 9.09. The fraction of sp³-hybridized carbons (Fsp3) is 0.750. The average Bonchev–Trinajstić information content (AvgIpc) is 2.44. The van der Waals surface area contributed by atoms with Gasteiger partial charge >= 0.3 is 0 Å². The van der Waals surface area contributed by atoms with E-state index in [0.717, 1.165) is 17.1 Å². The van der Waals surface area contributed by atoms with Crippen molar-refractivity contribution in [2.24, 2.45) is 0 Å². The first-order valence-corrected chi connectivity index (χ1v) is 6.92. The third-order valence-corrected chi connectivity index (χ3v) is 3.27.